The first-order valence-electron chi connectivity index (χ1n) is 6.50. The van der Waals surface area contributed by atoms with E-state index in [0.717, 1.165) is 0 Å². The molecule has 1 aromatic carbocycles. The predicted octanol–water partition coefficient (Wildman–Crippen LogP) is 1.96. The van der Waals surface area contributed by atoms with Gasteiger partial charge in [0, 0.05) is 18.0 Å². The zero-order valence-corrected chi connectivity index (χ0v) is 10.8. The molecule has 1 aliphatic rings. The van der Waals surface area contributed by atoms with Crippen LogP contribution < -0.4 is 5.32 Å². The van der Waals surface area contributed by atoms with Crippen LogP contribution in [0.15, 0.2) is 42.9 Å². The third-order valence-corrected chi connectivity index (χ3v) is 3.62. The molecular formula is C15H14FN3O. The number of rotatable bonds is 4. The molecule has 1 amide bonds. The van der Waals surface area contributed by atoms with Crippen molar-refractivity contribution < 1.29 is 9.18 Å². The number of carbonyl (C=O) groups is 1. The molecule has 1 saturated carbocycles. The highest BCUT2D eigenvalue weighted by molar-refractivity contribution is 5.91. The lowest BCUT2D eigenvalue weighted by molar-refractivity contribution is -0.123. The Labute approximate surface area is 116 Å². The van der Waals surface area contributed by atoms with Gasteiger partial charge in [0.1, 0.15) is 5.82 Å². The van der Waals surface area contributed by atoms with Crippen LogP contribution in [0.3, 0.4) is 0 Å². The molecular weight excluding hydrogens is 257 g/mol. The molecule has 20 heavy (non-hydrogen) atoms. The summed E-state index contributed by atoms with van der Waals surface area (Å²) < 4.78 is 13.8. The van der Waals surface area contributed by atoms with Crippen LogP contribution in [-0.2, 0) is 16.8 Å². The molecule has 1 N–H and O–H groups in total. The Balaban J connectivity index is 1.73. The fourth-order valence-corrected chi connectivity index (χ4v) is 2.35. The Hall–Kier alpha value is -2.30. The predicted molar refractivity (Wildman–Crippen MR) is 71.2 cm³/mol. The molecule has 1 aromatic heterocycles. The fourth-order valence-electron chi connectivity index (χ4n) is 2.35. The number of nitrogens with zero attached hydrogens (tertiary/aromatic N) is 2. The quantitative estimate of drug-likeness (QED) is 0.925. The summed E-state index contributed by atoms with van der Waals surface area (Å²) in [6.45, 7) is 0.308. The second-order valence-corrected chi connectivity index (χ2v) is 4.94. The van der Waals surface area contributed by atoms with Crippen molar-refractivity contribution in [3.8, 4) is 0 Å². The van der Waals surface area contributed by atoms with Crippen molar-refractivity contribution in [3.05, 3.63) is 59.9 Å². The van der Waals surface area contributed by atoms with E-state index in [2.05, 4.69) is 15.3 Å². The third-order valence-electron chi connectivity index (χ3n) is 3.62. The molecule has 1 aliphatic carbocycles. The van der Waals surface area contributed by atoms with Crippen LogP contribution in [0.4, 0.5) is 4.39 Å². The zero-order valence-electron chi connectivity index (χ0n) is 10.8. The van der Waals surface area contributed by atoms with Crippen molar-refractivity contribution in [2.45, 2.75) is 24.8 Å². The number of carbonyl (C=O) groups excluding carboxylic acids is 1. The van der Waals surface area contributed by atoms with E-state index in [1.54, 1.807) is 36.8 Å². The van der Waals surface area contributed by atoms with Gasteiger partial charge in [-0.3, -0.25) is 14.8 Å². The fraction of sp³-hybridized carbons (Fsp3) is 0.267. The highest BCUT2D eigenvalue weighted by Crippen LogP contribution is 2.49. The second-order valence-electron chi connectivity index (χ2n) is 4.94. The topological polar surface area (TPSA) is 54.9 Å². The molecule has 0 saturated heterocycles. The van der Waals surface area contributed by atoms with E-state index >= 15 is 0 Å². The lowest BCUT2D eigenvalue weighted by Gasteiger charge is -2.16. The maximum Gasteiger partial charge on any atom is 0.231 e. The average molecular weight is 271 g/mol. The van der Waals surface area contributed by atoms with Crippen molar-refractivity contribution in [3.63, 3.8) is 0 Å². The summed E-state index contributed by atoms with van der Waals surface area (Å²) in [5.74, 6) is -0.465. The lowest BCUT2D eigenvalue weighted by Crippen LogP contribution is -2.35. The minimum Gasteiger partial charge on any atom is -0.350 e. The lowest BCUT2D eigenvalue weighted by atomic mass is 9.94. The Kier molecular flexibility index (Phi) is 3.18. The van der Waals surface area contributed by atoms with Gasteiger partial charge in [-0.05, 0) is 18.9 Å². The minimum absolute atomic E-state index is 0.145. The van der Waals surface area contributed by atoms with Crippen molar-refractivity contribution in [1.82, 2.24) is 15.3 Å². The Morgan fingerprint density at radius 2 is 2.10 bits per heavy atom. The summed E-state index contributed by atoms with van der Waals surface area (Å²) in [6.07, 6.45) is 6.11. The molecule has 0 radical (unpaired) electrons. The van der Waals surface area contributed by atoms with E-state index in [1.807, 2.05) is 0 Å². The molecule has 0 unspecified atom stereocenters. The molecule has 4 nitrogen and oxygen atoms in total. The molecule has 3 rings (SSSR count). The first kappa shape index (κ1) is 12.7. The van der Waals surface area contributed by atoms with Gasteiger partial charge in [0.2, 0.25) is 5.91 Å². The molecule has 1 heterocycles. The summed E-state index contributed by atoms with van der Waals surface area (Å²) >= 11 is 0. The van der Waals surface area contributed by atoms with E-state index in [9.17, 15) is 9.18 Å². The number of aromatic nitrogens is 2. The van der Waals surface area contributed by atoms with Gasteiger partial charge in [0.25, 0.3) is 0 Å². The van der Waals surface area contributed by atoms with Crippen LogP contribution in [0, 0.1) is 5.82 Å². The zero-order chi connectivity index (χ0) is 14.0. The third kappa shape index (κ3) is 2.27. The van der Waals surface area contributed by atoms with Crippen molar-refractivity contribution in [1.29, 1.82) is 0 Å². The second kappa shape index (κ2) is 5.00. The number of halogens is 1. The number of amides is 1. The Bertz CT molecular complexity index is 626. The summed E-state index contributed by atoms with van der Waals surface area (Å²) in [6, 6.07) is 6.47. The Morgan fingerprint density at radius 1 is 1.30 bits per heavy atom. The van der Waals surface area contributed by atoms with Gasteiger partial charge in [-0.15, -0.1) is 0 Å². The molecule has 0 bridgehead atoms. The maximum absolute atomic E-state index is 13.8. The van der Waals surface area contributed by atoms with Gasteiger partial charge in [0.05, 0.1) is 23.9 Å². The smallest absolute Gasteiger partial charge is 0.231 e. The average Bonchev–Trinajstić information content (AvgIpc) is 3.28. The summed E-state index contributed by atoms with van der Waals surface area (Å²) in [5.41, 5.74) is 0.468. The summed E-state index contributed by atoms with van der Waals surface area (Å²) in [7, 11) is 0. The Morgan fingerprint density at radius 3 is 2.75 bits per heavy atom. The van der Waals surface area contributed by atoms with Gasteiger partial charge in [-0.25, -0.2) is 4.39 Å². The van der Waals surface area contributed by atoms with E-state index in [1.165, 1.54) is 6.07 Å². The SMILES string of the molecule is O=C(NCc1cnccn1)C1(c2ccccc2F)CC1. The van der Waals surface area contributed by atoms with Crippen LogP contribution in [-0.4, -0.2) is 15.9 Å². The number of nitrogens with one attached hydrogen (secondary N) is 1. The van der Waals surface area contributed by atoms with E-state index in [-0.39, 0.29) is 11.7 Å². The largest absolute Gasteiger partial charge is 0.350 e. The van der Waals surface area contributed by atoms with Crippen molar-refractivity contribution in [2.24, 2.45) is 0 Å². The van der Waals surface area contributed by atoms with Gasteiger partial charge >= 0.3 is 0 Å². The van der Waals surface area contributed by atoms with Crippen molar-refractivity contribution >= 4 is 5.91 Å². The summed E-state index contributed by atoms with van der Waals surface area (Å²) in [4.78, 5) is 20.4. The summed E-state index contributed by atoms with van der Waals surface area (Å²) in [5, 5.41) is 2.82. The van der Waals surface area contributed by atoms with Crippen molar-refractivity contribution in [2.75, 3.05) is 0 Å². The highest BCUT2D eigenvalue weighted by Gasteiger charge is 2.52. The molecule has 1 fully saturated rings. The highest BCUT2D eigenvalue weighted by atomic mass is 19.1. The molecule has 5 heteroatoms. The molecule has 0 spiro atoms. The first-order chi connectivity index (χ1) is 9.72. The van der Waals surface area contributed by atoms with Gasteiger partial charge < -0.3 is 5.32 Å². The van der Waals surface area contributed by atoms with Crippen LogP contribution in [0.5, 0.6) is 0 Å². The monoisotopic (exact) mass is 271 g/mol. The first-order valence-corrected chi connectivity index (χ1v) is 6.50. The van der Waals surface area contributed by atoms with Crippen LogP contribution in [0.25, 0.3) is 0 Å². The number of hydrogen-bond donors (Lipinski definition) is 1. The number of benzene rings is 1. The minimum atomic E-state index is -0.701. The molecule has 0 aliphatic heterocycles. The van der Waals surface area contributed by atoms with Gasteiger partial charge in [-0.1, -0.05) is 18.2 Å². The molecule has 2 aromatic rings. The number of hydrogen-bond acceptors (Lipinski definition) is 3. The van der Waals surface area contributed by atoms with Gasteiger partial charge in [0.15, 0.2) is 0 Å². The molecule has 0 atom stereocenters. The van der Waals surface area contributed by atoms with Crippen LogP contribution in [0.1, 0.15) is 24.1 Å². The van der Waals surface area contributed by atoms with Crippen LogP contribution in [0.2, 0.25) is 0 Å². The maximum atomic E-state index is 13.8. The standard InChI is InChI=1S/C15H14FN3O/c16-13-4-2-1-3-12(13)15(5-6-15)14(20)19-10-11-9-17-7-8-18-11/h1-4,7-9H,5-6,10H2,(H,19,20). The normalized spacial score (nSPS) is 15.7. The van der Waals surface area contributed by atoms with E-state index in [0.29, 0.717) is 30.6 Å². The van der Waals surface area contributed by atoms with E-state index < -0.39 is 5.41 Å². The van der Waals surface area contributed by atoms with E-state index in [4.69, 9.17) is 0 Å². The van der Waals surface area contributed by atoms with Gasteiger partial charge in [-0.2, -0.15) is 0 Å². The molecule has 102 valence electrons. The van der Waals surface area contributed by atoms with Crippen LogP contribution >= 0.6 is 0 Å².